The van der Waals surface area contributed by atoms with E-state index in [9.17, 15) is 76.4 Å². The number of hydrogen-bond acceptors (Lipinski definition) is 24. The van der Waals surface area contributed by atoms with Crippen molar-refractivity contribution in [2.45, 2.75) is 110 Å². The fraction of sp³-hybridized carbons (Fsp3) is 0.590. The Morgan fingerprint density at radius 2 is 1.51 bits per heavy atom. The van der Waals surface area contributed by atoms with E-state index < -0.39 is 155 Å². The summed E-state index contributed by atoms with van der Waals surface area (Å²) >= 11 is 0. The largest absolute Gasteiger partial charge is 0.508 e. The number of carbonyl (C=O) groups is 1. The zero-order valence-electron chi connectivity index (χ0n) is 32.9. The van der Waals surface area contributed by atoms with Gasteiger partial charge in [-0.15, -0.1) is 0 Å². The van der Waals surface area contributed by atoms with Gasteiger partial charge in [0.25, 0.3) is 0 Å². The summed E-state index contributed by atoms with van der Waals surface area (Å²) in [5.41, 5.74) is -1.74. The van der Waals surface area contributed by atoms with Crippen LogP contribution in [0.3, 0.4) is 0 Å². The van der Waals surface area contributed by atoms with Gasteiger partial charge < -0.3 is 109 Å². The van der Waals surface area contributed by atoms with Crippen LogP contribution in [0.25, 0.3) is 6.08 Å². The number of rotatable bonds is 15. The maximum absolute atomic E-state index is 12.5. The Balaban J connectivity index is 0.949. The minimum absolute atomic E-state index is 0.165. The monoisotopic (exact) mass is 899 g/mol. The zero-order chi connectivity index (χ0) is 45.7. The van der Waals surface area contributed by atoms with E-state index in [-0.39, 0.29) is 22.6 Å². The summed E-state index contributed by atoms with van der Waals surface area (Å²) in [5, 5.41) is 144. The van der Waals surface area contributed by atoms with Crippen LogP contribution in [-0.2, 0) is 42.7 Å². The smallest absolute Gasteiger partial charge is 0.330 e. The predicted octanol–water partition coefficient (Wildman–Crippen LogP) is -5.15. The number of phenols is 2. The number of nitrogens with zero attached hydrogens (tertiary/aromatic N) is 1. The SMILES string of the molecule is N#C[C@@H](O[C@@H]1O[C@H](CO[C@H]2OC[C@@H](OC3OCC(O)(COC(=O)/C=C/c4ccc(O[C@@H]5O[C@H](CO)[C@@H](O)[C@H](O)[C@H]5O)c(O)c4)C3O)[C@H](O)[C@H]2O)[C@@H](O)[C@H](O)[C@H]1O)c1cccc(O)c1. The van der Waals surface area contributed by atoms with E-state index in [1.165, 1.54) is 42.5 Å². The highest BCUT2D eigenvalue weighted by atomic mass is 16.8. The molecule has 0 aliphatic carbocycles. The van der Waals surface area contributed by atoms with Crippen LogP contribution in [0.1, 0.15) is 17.2 Å². The number of ether oxygens (including phenoxy) is 9. The van der Waals surface area contributed by atoms with Crippen LogP contribution < -0.4 is 4.74 Å². The summed E-state index contributed by atoms with van der Waals surface area (Å²) in [6.07, 6.45) is -25.5. The molecular weight excluding hydrogens is 850 g/mol. The van der Waals surface area contributed by atoms with E-state index in [0.717, 1.165) is 12.1 Å². The first-order valence-corrected chi connectivity index (χ1v) is 19.4. The van der Waals surface area contributed by atoms with Gasteiger partial charge in [-0.05, 0) is 41.5 Å². The third-order valence-corrected chi connectivity index (χ3v) is 10.7. The fourth-order valence-electron chi connectivity index (χ4n) is 6.90. The quantitative estimate of drug-likeness (QED) is 0.0587. The molecular formula is C39H49NO23. The molecule has 0 radical (unpaired) electrons. The molecule has 0 amide bonds. The molecule has 4 fully saturated rings. The number of phenolic OH excluding ortho intramolecular Hbond substituents is 2. The van der Waals surface area contributed by atoms with E-state index in [1.54, 1.807) is 0 Å². The Bertz CT molecular complexity index is 1920. The Morgan fingerprint density at radius 1 is 0.825 bits per heavy atom. The van der Waals surface area contributed by atoms with Gasteiger partial charge in [-0.2, -0.15) is 5.26 Å². The van der Waals surface area contributed by atoms with Crippen LogP contribution in [0.4, 0.5) is 0 Å². The second-order valence-electron chi connectivity index (χ2n) is 15.2. The van der Waals surface area contributed by atoms with Gasteiger partial charge in [0.15, 0.2) is 42.1 Å². The third kappa shape index (κ3) is 11.0. The lowest BCUT2D eigenvalue weighted by molar-refractivity contribution is -0.331. The Labute approximate surface area is 357 Å². The first kappa shape index (κ1) is 48.3. The molecule has 13 N–H and O–H groups in total. The third-order valence-electron chi connectivity index (χ3n) is 10.7. The van der Waals surface area contributed by atoms with Crippen molar-refractivity contribution < 1.29 is 114 Å². The second-order valence-corrected chi connectivity index (χ2v) is 15.2. The molecule has 4 aliphatic rings. The summed E-state index contributed by atoms with van der Waals surface area (Å²) < 4.78 is 48.8. The minimum atomic E-state index is -2.20. The van der Waals surface area contributed by atoms with Crippen molar-refractivity contribution in [2.75, 3.05) is 33.0 Å². The molecule has 0 aromatic heterocycles. The highest BCUT2D eigenvalue weighted by molar-refractivity contribution is 5.87. The second kappa shape index (κ2) is 20.8. The summed E-state index contributed by atoms with van der Waals surface area (Å²) in [6, 6.07) is 11.2. The number of aliphatic hydroxyl groups is 11. The number of aliphatic hydroxyl groups excluding tert-OH is 10. The van der Waals surface area contributed by atoms with Crippen LogP contribution in [0, 0.1) is 11.3 Å². The predicted molar refractivity (Wildman–Crippen MR) is 200 cm³/mol. The average Bonchev–Trinajstić information content (AvgIpc) is 3.55. The topological polar surface area (TPSA) is 387 Å². The van der Waals surface area contributed by atoms with Crippen LogP contribution in [-0.4, -0.2) is 209 Å². The summed E-state index contributed by atoms with van der Waals surface area (Å²) in [5.74, 6) is -1.85. The number of nitriles is 1. The molecule has 0 bridgehead atoms. The Kier molecular flexibility index (Phi) is 15.9. The lowest BCUT2D eigenvalue weighted by Crippen LogP contribution is -2.60. The first-order chi connectivity index (χ1) is 29.9. The molecule has 348 valence electrons. The molecule has 3 unspecified atom stereocenters. The van der Waals surface area contributed by atoms with Gasteiger partial charge in [0.2, 0.25) is 6.29 Å². The van der Waals surface area contributed by atoms with Crippen LogP contribution in [0.5, 0.6) is 17.2 Å². The summed E-state index contributed by atoms with van der Waals surface area (Å²) in [7, 11) is 0. The summed E-state index contributed by atoms with van der Waals surface area (Å²) in [6.45, 7) is -3.16. The van der Waals surface area contributed by atoms with E-state index in [1.807, 2.05) is 6.07 Å². The zero-order valence-corrected chi connectivity index (χ0v) is 32.9. The molecule has 0 saturated carbocycles. The van der Waals surface area contributed by atoms with Crippen molar-refractivity contribution in [3.63, 3.8) is 0 Å². The molecule has 24 nitrogen and oxygen atoms in total. The van der Waals surface area contributed by atoms with Gasteiger partial charge >= 0.3 is 5.97 Å². The highest BCUT2D eigenvalue weighted by Gasteiger charge is 2.53. The van der Waals surface area contributed by atoms with Crippen molar-refractivity contribution >= 4 is 12.0 Å². The molecule has 63 heavy (non-hydrogen) atoms. The fourth-order valence-corrected chi connectivity index (χ4v) is 6.90. The van der Waals surface area contributed by atoms with Crippen molar-refractivity contribution in [3.05, 3.63) is 59.7 Å². The molecule has 2 aromatic rings. The van der Waals surface area contributed by atoms with Crippen LogP contribution >= 0.6 is 0 Å². The van der Waals surface area contributed by atoms with Crippen LogP contribution in [0.2, 0.25) is 0 Å². The van der Waals surface area contributed by atoms with E-state index >= 15 is 0 Å². The number of esters is 1. The molecule has 4 aliphatic heterocycles. The van der Waals surface area contributed by atoms with Gasteiger partial charge in [0, 0.05) is 6.08 Å². The van der Waals surface area contributed by atoms with Crippen molar-refractivity contribution in [1.82, 2.24) is 0 Å². The van der Waals surface area contributed by atoms with Crippen molar-refractivity contribution in [1.29, 1.82) is 5.26 Å². The highest BCUT2D eigenvalue weighted by Crippen LogP contribution is 2.34. The lowest BCUT2D eigenvalue weighted by Gasteiger charge is -2.42. The minimum Gasteiger partial charge on any atom is -0.508 e. The van der Waals surface area contributed by atoms with Gasteiger partial charge in [0.1, 0.15) is 85.6 Å². The van der Waals surface area contributed by atoms with E-state index in [2.05, 4.69) is 0 Å². The van der Waals surface area contributed by atoms with Crippen molar-refractivity contribution in [3.8, 4) is 23.3 Å². The van der Waals surface area contributed by atoms with Gasteiger partial charge in [0.05, 0.1) is 32.5 Å². The van der Waals surface area contributed by atoms with Gasteiger partial charge in [-0.3, -0.25) is 0 Å². The molecule has 24 heteroatoms. The van der Waals surface area contributed by atoms with Gasteiger partial charge in [-0.1, -0.05) is 18.2 Å². The van der Waals surface area contributed by atoms with Crippen molar-refractivity contribution in [2.24, 2.45) is 0 Å². The van der Waals surface area contributed by atoms with E-state index in [0.29, 0.717) is 0 Å². The Hall–Kier alpha value is -4.18. The summed E-state index contributed by atoms with van der Waals surface area (Å²) in [4.78, 5) is 12.5. The number of aromatic hydroxyl groups is 2. The molecule has 4 saturated heterocycles. The average molecular weight is 900 g/mol. The van der Waals surface area contributed by atoms with Gasteiger partial charge in [-0.25, -0.2) is 4.79 Å². The molecule has 6 rings (SSSR count). The standard InChI is InChI=1S/C39H49NO23/c40-10-21(17-2-1-3-18(42)9-17)60-37-33(52)30(49)27(46)23(62-37)12-55-35-31(50)28(47)24(13-56-35)63-38-34(53)39(54,15-58-38)14-57-25(44)7-5-16-4-6-20(19(43)8-16)59-36-32(51)29(48)26(45)22(11-41)61-36/h1-9,21-24,26-38,41-43,45-54H,11-15H2/b7-5+/t21-,22-,23-,24-,26-,27-,28+,29+,30+,31-,32-,33-,34?,35+,36-,37-,38?,39?/m1/s1. The Morgan fingerprint density at radius 3 is 2.19 bits per heavy atom. The first-order valence-electron chi connectivity index (χ1n) is 19.4. The molecule has 0 spiro atoms. The lowest BCUT2D eigenvalue weighted by atomic mass is 9.99. The maximum Gasteiger partial charge on any atom is 0.330 e. The number of carbonyl (C=O) groups excluding carboxylic acids is 1. The normalized spacial score (nSPS) is 38.8. The maximum atomic E-state index is 12.5. The molecule has 4 heterocycles. The van der Waals surface area contributed by atoms with Crippen LogP contribution in [0.15, 0.2) is 48.5 Å². The molecule has 2 aromatic carbocycles. The molecule has 18 atom stereocenters. The van der Waals surface area contributed by atoms with E-state index in [4.69, 9.17) is 42.6 Å². The number of benzene rings is 2. The number of hydrogen-bond donors (Lipinski definition) is 13.